The van der Waals surface area contributed by atoms with Crippen LogP contribution in [0.15, 0.2) is 103 Å². The van der Waals surface area contributed by atoms with Crippen molar-refractivity contribution in [3.8, 4) is 5.75 Å². The van der Waals surface area contributed by atoms with Gasteiger partial charge in [-0.05, 0) is 42.5 Å². The molecule has 0 heterocycles. The summed E-state index contributed by atoms with van der Waals surface area (Å²) in [6.07, 6.45) is -1.25. The van der Waals surface area contributed by atoms with Crippen LogP contribution in [-0.2, 0) is 4.74 Å². The van der Waals surface area contributed by atoms with Gasteiger partial charge in [-0.15, -0.1) is 0 Å². The van der Waals surface area contributed by atoms with Crippen molar-refractivity contribution < 1.29 is 28.8 Å². The van der Waals surface area contributed by atoms with Crippen molar-refractivity contribution in [1.29, 1.82) is 0 Å². The lowest BCUT2D eigenvalue weighted by molar-refractivity contribution is -0.384. The molecule has 0 radical (unpaired) electrons. The maximum Gasteiger partial charge on any atom is 0.341 e. The van der Waals surface area contributed by atoms with Crippen LogP contribution in [0, 0.1) is 10.1 Å². The van der Waals surface area contributed by atoms with E-state index in [1.54, 1.807) is 66.7 Å². The number of carbonyl (C=O) groups is 3. The lowest BCUT2D eigenvalue weighted by Gasteiger charge is -2.19. The highest BCUT2D eigenvalue weighted by molar-refractivity contribution is 6.09. The van der Waals surface area contributed by atoms with Crippen molar-refractivity contribution in [3.05, 3.63) is 135 Å². The first-order chi connectivity index (χ1) is 18.4. The number of amides is 1. The summed E-state index contributed by atoms with van der Waals surface area (Å²) in [6.45, 7) is 0. The van der Waals surface area contributed by atoms with E-state index >= 15 is 0 Å². The molecule has 0 aromatic heterocycles. The van der Waals surface area contributed by atoms with E-state index in [1.807, 2.05) is 0 Å². The summed E-state index contributed by atoms with van der Waals surface area (Å²) in [7, 11) is 1.51. The van der Waals surface area contributed by atoms with Crippen molar-refractivity contribution in [1.82, 2.24) is 0 Å². The molecule has 1 N–H and O–H groups in total. The molecule has 9 heteroatoms. The zero-order chi connectivity index (χ0) is 27.1. The van der Waals surface area contributed by atoms with Crippen molar-refractivity contribution in [3.63, 3.8) is 0 Å². The van der Waals surface area contributed by atoms with Crippen LogP contribution in [0.4, 0.5) is 11.4 Å². The quantitative estimate of drug-likeness (QED) is 0.134. The number of nitro groups is 1. The summed E-state index contributed by atoms with van der Waals surface area (Å²) in [5, 5.41) is 13.7. The Labute approximate surface area is 217 Å². The maximum atomic E-state index is 13.4. The van der Waals surface area contributed by atoms with Gasteiger partial charge in [0.2, 0.25) is 5.78 Å². The Balaban J connectivity index is 1.61. The zero-order valence-corrected chi connectivity index (χ0v) is 20.2. The van der Waals surface area contributed by atoms with Gasteiger partial charge in [0.1, 0.15) is 5.75 Å². The number of rotatable bonds is 9. The molecule has 1 amide bonds. The second-order valence-corrected chi connectivity index (χ2v) is 8.10. The number of nitrogens with zero attached hydrogens (tertiary/aromatic N) is 1. The smallest absolute Gasteiger partial charge is 0.341 e. The van der Waals surface area contributed by atoms with Gasteiger partial charge in [-0.1, -0.05) is 48.5 Å². The van der Waals surface area contributed by atoms with Crippen LogP contribution in [-0.4, -0.2) is 29.7 Å². The molecule has 4 rings (SSSR count). The monoisotopic (exact) mass is 510 g/mol. The van der Waals surface area contributed by atoms with Crippen molar-refractivity contribution in [2.75, 3.05) is 12.4 Å². The van der Waals surface area contributed by atoms with Crippen molar-refractivity contribution in [2.45, 2.75) is 6.10 Å². The highest BCUT2D eigenvalue weighted by atomic mass is 16.6. The fourth-order valence-electron chi connectivity index (χ4n) is 3.70. The van der Waals surface area contributed by atoms with Gasteiger partial charge < -0.3 is 14.8 Å². The maximum absolute atomic E-state index is 13.4. The van der Waals surface area contributed by atoms with Crippen LogP contribution in [0.2, 0.25) is 0 Å². The first-order valence-corrected chi connectivity index (χ1v) is 11.5. The highest BCUT2D eigenvalue weighted by Crippen LogP contribution is 2.27. The number of carbonyl (C=O) groups excluding carboxylic acids is 3. The summed E-state index contributed by atoms with van der Waals surface area (Å²) >= 11 is 0. The number of nitro benzene ring substituents is 1. The SMILES string of the molecule is COc1ccc(C(=O)[C@H](OC(=O)c2ccccc2NC(=O)c2cccc([N+](=O)[O-])c2)c2ccccc2)cc1. The number of nitrogens with one attached hydrogen (secondary N) is 1. The summed E-state index contributed by atoms with van der Waals surface area (Å²) < 4.78 is 10.9. The molecule has 38 heavy (non-hydrogen) atoms. The van der Waals surface area contributed by atoms with Gasteiger partial charge in [-0.2, -0.15) is 0 Å². The van der Waals surface area contributed by atoms with Crippen LogP contribution in [0.1, 0.15) is 42.7 Å². The molecule has 0 saturated heterocycles. The van der Waals surface area contributed by atoms with Gasteiger partial charge in [-0.3, -0.25) is 19.7 Å². The number of anilines is 1. The number of hydrogen-bond donors (Lipinski definition) is 1. The predicted molar refractivity (Wildman–Crippen MR) is 139 cm³/mol. The van der Waals surface area contributed by atoms with E-state index in [-0.39, 0.29) is 22.5 Å². The van der Waals surface area contributed by atoms with E-state index in [9.17, 15) is 24.5 Å². The fourth-order valence-corrected chi connectivity index (χ4v) is 3.70. The van der Waals surface area contributed by atoms with Gasteiger partial charge in [0, 0.05) is 28.8 Å². The van der Waals surface area contributed by atoms with E-state index < -0.39 is 28.7 Å². The third-order valence-electron chi connectivity index (χ3n) is 5.65. The van der Waals surface area contributed by atoms with Crippen LogP contribution in [0.25, 0.3) is 0 Å². The molecule has 0 fully saturated rings. The largest absolute Gasteiger partial charge is 0.497 e. The number of Topliss-reactive ketones (excluding diaryl/α,β-unsaturated/α-hetero) is 1. The van der Waals surface area contributed by atoms with Gasteiger partial charge in [0.25, 0.3) is 11.6 Å². The van der Waals surface area contributed by atoms with Crippen molar-refractivity contribution in [2.24, 2.45) is 0 Å². The number of methoxy groups -OCH3 is 1. The second-order valence-electron chi connectivity index (χ2n) is 8.10. The lowest BCUT2D eigenvalue weighted by atomic mass is 9.99. The molecule has 1 atom stereocenters. The molecular weight excluding hydrogens is 488 g/mol. The first-order valence-electron chi connectivity index (χ1n) is 11.5. The number of non-ortho nitro benzene ring substituents is 1. The van der Waals surface area contributed by atoms with E-state index in [1.165, 1.54) is 37.4 Å². The number of hydrogen-bond acceptors (Lipinski definition) is 7. The third kappa shape index (κ3) is 5.90. The van der Waals surface area contributed by atoms with Crippen LogP contribution in [0.3, 0.4) is 0 Å². The van der Waals surface area contributed by atoms with E-state index in [2.05, 4.69) is 5.32 Å². The normalized spacial score (nSPS) is 11.2. The Morgan fingerprint density at radius 1 is 0.816 bits per heavy atom. The molecule has 0 aliphatic carbocycles. The van der Waals surface area contributed by atoms with E-state index in [0.717, 1.165) is 6.07 Å². The number of benzene rings is 4. The average Bonchev–Trinajstić information content (AvgIpc) is 2.96. The van der Waals surface area contributed by atoms with Crippen LogP contribution >= 0.6 is 0 Å². The molecule has 4 aromatic rings. The predicted octanol–water partition coefficient (Wildman–Crippen LogP) is 5.64. The Morgan fingerprint density at radius 2 is 1.50 bits per heavy atom. The molecule has 0 bridgehead atoms. The molecule has 9 nitrogen and oxygen atoms in total. The summed E-state index contributed by atoms with van der Waals surface area (Å²) in [4.78, 5) is 50.0. The standard InChI is InChI=1S/C29H22N2O7/c1-37-23-16-14-19(15-17-23)26(32)27(20-8-3-2-4-9-20)38-29(34)24-12-5-6-13-25(24)30-28(33)21-10-7-11-22(18-21)31(35)36/h2-18,27H,1H3,(H,30,33)/t27-/m1/s1. The number of ketones is 1. The zero-order valence-electron chi connectivity index (χ0n) is 20.2. The third-order valence-corrected chi connectivity index (χ3v) is 5.65. The van der Waals surface area contributed by atoms with Gasteiger partial charge >= 0.3 is 5.97 Å². The molecule has 4 aromatic carbocycles. The first kappa shape index (κ1) is 25.8. The minimum absolute atomic E-state index is 0.00902. The summed E-state index contributed by atoms with van der Waals surface area (Å²) in [6, 6.07) is 26.4. The minimum Gasteiger partial charge on any atom is -0.497 e. The topological polar surface area (TPSA) is 125 Å². The molecule has 0 spiro atoms. The lowest BCUT2D eigenvalue weighted by Crippen LogP contribution is -2.22. The van der Waals surface area contributed by atoms with Gasteiger partial charge in [0.15, 0.2) is 6.10 Å². The molecule has 0 aliphatic heterocycles. The second kappa shape index (κ2) is 11.6. The molecular formula is C29H22N2O7. The number of para-hydroxylation sites is 1. The van der Waals surface area contributed by atoms with E-state index in [0.29, 0.717) is 16.9 Å². The molecule has 190 valence electrons. The van der Waals surface area contributed by atoms with Crippen LogP contribution in [0.5, 0.6) is 5.75 Å². The summed E-state index contributed by atoms with van der Waals surface area (Å²) in [5.41, 5.74) is 0.722. The Hall–Kier alpha value is -5.31. The number of esters is 1. The fraction of sp³-hybridized carbons (Fsp3) is 0.0690. The minimum atomic E-state index is -1.25. The highest BCUT2D eigenvalue weighted by Gasteiger charge is 2.28. The van der Waals surface area contributed by atoms with Gasteiger partial charge in [0.05, 0.1) is 23.3 Å². The Morgan fingerprint density at radius 3 is 2.18 bits per heavy atom. The number of ether oxygens (including phenoxy) is 2. The van der Waals surface area contributed by atoms with Crippen LogP contribution < -0.4 is 10.1 Å². The summed E-state index contributed by atoms with van der Waals surface area (Å²) in [5.74, 6) is -1.35. The molecule has 0 unspecified atom stereocenters. The molecule has 0 aliphatic rings. The Bertz CT molecular complexity index is 1480. The van der Waals surface area contributed by atoms with Crippen molar-refractivity contribution >= 4 is 29.0 Å². The van der Waals surface area contributed by atoms with Gasteiger partial charge in [-0.25, -0.2) is 4.79 Å². The molecule has 0 saturated carbocycles. The van der Waals surface area contributed by atoms with E-state index in [4.69, 9.17) is 9.47 Å². The Kier molecular flexibility index (Phi) is 7.88. The average molecular weight is 511 g/mol.